The topological polar surface area (TPSA) is 50.3 Å². The lowest BCUT2D eigenvalue weighted by Gasteiger charge is -2.22. The van der Waals surface area contributed by atoms with E-state index in [0.717, 1.165) is 34.8 Å². The van der Waals surface area contributed by atoms with E-state index in [9.17, 15) is 0 Å². The summed E-state index contributed by atoms with van der Waals surface area (Å²) >= 11 is 0. The van der Waals surface area contributed by atoms with Crippen LogP contribution in [0.3, 0.4) is 0 Å². The first kappa shape index (κ1) is 18.9. The molecule has 0 fully saturated rings. The summed E-state index contributed by atoms with van der Waals surface area (Å²) in [6.07, 6.45) is 4.86. The Morgan fingerprint density at radius 3 is 2.47 bits per heavy atom. The monoisotopic (exact) mass is 397 g/mol. The summed E-state index contributed by atoms with van der Waals surface area (Å²) in [5.74, 6) is 2.84. The molecule has 3 heterocycles. The summed E-state index contributed by atoms with van der Waals surface area (Å²) in [6.45, 7) is 9.27. The first-order valence-corrected chi connectivity index (χ1v) is 10.7. The highest BCUT2D eigenvalue weighted by molar-refractivity contribution is 5.99. The zero-order valence-electron chi connectivity index (χ0n) is 18.0. The number of fused-ring (bicyclic) bond motifs is 3. The van der Waals surface area contributed by atoms with Crippen molar-refractivity contribution in [1.29, 1.82) is 0 Å². The average molecular weight is 398 g/mol. The van der Waals surface area contributed by atoms with Crippen LogP contribution in [0, 0.1) is 5.92 Å². The standard InChI is InChI=1S/C26H27N3O/c1-15(2)23-10-19(12-27-23)17-5-8-22-21-7-6-18(9-20(21)14-30-25(22)11-17)24-13-28-26(29-24)16(3)4/h5-9,11-13,15-16H,10,14H2,1-4H3,(H,28,29). The second kappa shape index (κ2) is 7.28. The third kappa shape index (κ3) is 3.26. The zero-order valence-corrected chi connectivity index (χ0v) is 18.0. The number of ether oxygens (including phenoxy) is 1. The molecular weight excluding hydrogens is 370 g/mol. The highest BCUT2D eigenvalue weighted by Gasteiger charge is 2.21. The number of allylic oxidation sites excluding steroid dienone is 1. The lowest BCUT2D eigenvalue weighted by molar-refractivity contribution is 0.302. The average Bonchev–Trinajstić information content (AvgIpc) is 3.43. The lowest BCUT2D eigenvalue weighted by Crippen LogP contribution is -2.07. The van der Waals surface area contributed by atoms with Crippen LogP contribution in [-0.4, -0.2) is 15.7 Å². The molecule has 2 aliphatic heterocycles. The van der Waals surface area contributed by atoms with Gasteiger partial charge in [-0.15, -0.1) is 0 Å². The number of hydrogen-bond acceptors (Lipinski definition) is 3. The van der Waals surface area contributed by atoms with Gasteiger partial charge in [0.1, 0.15) is 18.2 Å². The van der Waals surface area contributed by atoms with Crippen molar-refractivity contribution in [3.05, 3.63) is 65.7 Å². The molecule has 0 bridgehead atoms. The number of nitrogens with one attached hydrogen (secondary N) is 1. The molecule has 0 amide bonds. The molecule has 0 aliphatic carbocycles. The van der Waals surface area contributed by atoms with Gasteiger partial charge in [0.15, 0.2) is 0 Å². The van der Waals surface area contributed by atoms with Gasteiger partial charge in [0.2, 0.25) is 0 Å². The van der Waals surface area contributed by atoms with Crippen LogP contribution >= 0.6 is 0 Å². The van der Waals surface area contributed by atoms with Crippen molar-refractivity contribution in [3.63, 3.8) is 0 Å². The van der Waals surface area contributed by atoms with Gasteiger partial charge in [-0.05, 0) is 45.9 Å². The minimum absolute atomic E-state index is 0.387. The van der Waals surface area contributed by atoms with Crippen LogP contribution < -0.4 is 4.74 Å². The fourth-order valence-corrected chi connectivity index (χ4v) is 4.12. The largest absolute Gasteiger partial charge is 0.488 e. The maximum atomic E-state index is 6.17. The van der Waals surface area contributed by atoms with Crippen molar-refractivity contribution in [2.75, 3.05) is 0 Å². The Hall–Kier alpha value is -3.14. The Morgan fingerprint density at radius 2 is 1.73 bits per heavy atom. The number of benzene rings is 2. The summed E-state index contributed by atoms with van der Waals surface area (Å²) in [4.78, 5) is 12.5. The molecule has 0 saturated heterocycles. The molecule has 2 aliphatic rings. The van der Waals surface area contributed by atoms with Gasteiger partial charge < -0.3 is 9.72 Å². The summed E-state index contributed by atoms with van der Waals surface area (Å²) in [6, 6.07) is 13.1. The Morgan fingerprint density at radius 1 is 0.933 bits per heavy atom. The SMILES string of the molecule is CC(C)C1=NC=C(c2ccc3c(c2)OCc2cc(-c4cnc(C(C)C)[nH]4)ccc2-3)C1. The Bertz CT molecular complexity index is 1180. The molecular formula is C26H27N3O. The van der Waals surface area contributed by atoms with Gasteiger partial charge in [-0.1, -0.05) is 52.0 Å². The van der Waals surface area contributed by atoms with Gasteiger partial charge in [-0.3, -0.25) is 4.99 Å². The first-order valence-electron chi connectivity index (χ1n) is 10.7. The molecule has 4 heteroatoms. The second-order valence-electron chi connectivity index (χ2n) is 8.81. The number of H-pyrrole nitrogens is 1. The molecule has 1 aromatic heterocycles. The summed E-state index contributed by atoms with van der Waals surface area (Å²) < 4.78 is 6.17. The lowest BCUT2D eigenvalue weighted by atomic mass is 9.91. The van der Waals surface area contributed by atoms with Gasteiger partial charge in [0.05, 0.1) is 11.9 Å². The van der Waals surface area contributed by atoms with Crippen LogP contribution in [0.2, 0.25) is 0 Å². The van der Waals surface area contributed by atoms with E-state index >= 15 is 0 Å². The van der Waals surface area contributed by atoms with Crippen molar-refractivity contribution in [2.24, 2.45) is 10.9 Å². The van der Waals surface area contributed by atoms with E-state index in [-0.39, 0.29) is 0 Å². The van der Waals surface area contributed by atoms with Crippen LogP contribution in [0.15, 0.2) is 53.8 Å². The molecule has 2 aromatic carbocycles. The van der Waals surface area contributed by atoms with E-state index < -0.39 is 0 Å². The molecule has 5 rings (SSSR count). The summed E-state index contributed by atoms with van der Waals surface area (Å²) in [5, 5.41) is 0. The van der Waals surface area contributed by atoms with Crippen molar-refractivity contribution in [3.8, 4) is 28.1 Å². The number of aromatic amines is 1. The van der Waals surface area contributed by atoms with Crippen LogP contribution in [0.4, 0.5) is 0 Å². The number of imidazole rings is 1. The van der Waals surface area contributed by atoms with E-state index in [1.807, 2.05) is 12.4 Å². The fraction of sp³-hybridized carbons (Fsp3) is 0.308. The van der Waals surface area contributed by atoms with Crippen LogP contribution in [0.5, 0.6) is 5.75 Å². The molecule has 0 saturated carbocycles. The number of rotatable bonds is 4. The van der Waals surface area contributed by atoms with Gasteiger partial charge in [-0.2, -0.15) is 0 Å². The van der Waals surface area contributed by atoms with Crippen LogP contribution in [0.25, 0.3) is 28.0 Å². The fourth-order valence-electron chi connectivity index (χ4n) is 4.12. The molecule has 3 aromatic rings. The molecule has 4 nitrogen and oxygen atoms in total. The molecule has 152 valence electrons. The third-order valence-corrected chi connectivity index (χ3v) is 6.01. The highest BCUT2D eigenvalue weighted by Crippen LogP contribution is 2.41. The summed E-state index contributed by atoms with van der Waals surface area (Å²) in [5.41, 5.74) is 9.53. The smallest absolute Gasteiger partial charge is 0.128 e. The van der Waals surface area contributed by atoms with E-state index in [1.165, 1.54) is 28.0 Å². The number of aromatic nitrogens is 2. The van der Waals surface area contributed by atoms with Crippen molar-refractivity contribution < 1.29 is 4.74 Å². The number of nitrogens with zero attached hydrogens (tertiary/aromatic N) is 2. The molecule has 0 unspecified atom stereocenters. The number of aliphatic imine (C=N–C) groups is 1. The Labute approximate surface area is 177 Å². The van der Waals surface area contributed by atoms with Crippen molar-refractivity contribution in [1.82, 2.24) is 9.97 Å². The third-order valence-electron chi connectivity index (χ3n) is 6.01. The van der Waals surface area contributed by atoms with E-state index in [4.69, 9.17) is 4.74 Å². The molecule has 0 spiro atoms. The Balaban J connectivity index is 1.43. The molecule has 30 heavy (non-hydrogen) atoms. The van der Waals surface area contributed by atoms with Crippen molar-refractivity contribution in [2.45, 2.75) is 46.6 Å². The highest BCUT2D eigenvalue weighted by atomic mass is 16.5. The minimum atomic E-state index is 0.387. The predicted molar refractivity (Wildman–Crippen MR) is 123 cm³/mol. The summed E-state index contributed by atoms with van der Waals surface area (Å²) in [7, 11) is 0. The van der Waals surface area contributed by atoms with Gasteiger partial charge in [0.25, 0.3) is 0 Å². The van der Waals surface area contributed by atoms with E-state index in [1.54, 1.807) is 0 Å². The van der Waals surface area contributed by atoms with Crippen molar-refractivity contribution >= 4 is 11.3 Å². The van der Waals surface area contributed by atoms with E-state index in [2.05, 4.69) is 79.1 Å². The van der Waals surface area contributed by atoms with E-state index in [0.29, 0.717) is 18.4 Å². The maximum Gasteiger partial charge on any atom is 0.128 e. The quantitative estimate of drug-likeness (QED) is 0.539. The minimum Gasteiger partial charge on any atom is -0.488 e. The number of hydrogen-bond donors (Lipinski definition) is 1. The maximum absolute atomic E-state index is 6.17. The molecule has 0 radical (unpaired) electrons. The van der Waals surface area contributed by atoms with Crippen LogP contribution in [-0.2, 0) is 6.61 Å². The second-order valence-corrected chi connectivity index (χ2v) is 8.81. The zero-order chi connectivity index (χ0) is 20.8. The first-order chi connectivity index (χ1) is 14.5. The Kier molecular flexibility index (Phi) is 4.58. The van der Waals surface area contributed by atoms with Crippen LogP contribution in [0.1, 0.15) is 57.0 Å². The molecule has 1 N–H and O–H groups in total. The van der Waals surface area contributed by atoms with Gasteiger partial charge in [-0.25, -0.2) is 4.98 Å². The molecule has 0 atom stereocenters. The normalized spacial score (nSPS) is 15.0. The predicted octanol–water partition coefficient (Wildman–Crippen LogP) is 6.60. The van der Waals surface area contributed by atoms with Gasteiger partial charge >= 0.3 is 0 Å². The van der Waals surface area contributed by atoms with Gasteiger partial charge in [0, 0.05) is 29.8 Å².